The Morgan fingerprint density at radius 2 is 1.42 bits per heavy atom. The second kappa shape index (κ2) is 15.7. The zero-order valence-electron chi connectivity index (χ0n) is 29.2. The predicted octanol–water partition coefficient (Wildman–Crippen LogP) is 11.6. The Balaban J connectivity index is 0.000000230. The van der Waals surface area contributed by atoms with E-state index < -0.39 is 19.7 Å². The summed E-state index contributed by atoms with van der Waals surface area (Å²) in [6.45, 7) is 9.17. The van der Waals surface area contributed by atoms with Crippen LogP contribution in [0.1, 0.15) is 24.0 Å². The van der Waals surface area contributed by atoms with E-state index in [-0.39, 0.29) is 31.6 Å². The fraction of sp³-hybridized carbons (Fsp3) is 0.111. The molecular weight excluding hydrogens is 843 g/mol. The average molecular weight is 879 g/mol. The molecule has 8 rings (SSSR count). The number of hydrogen-bond acceptors (Lipinski definition) is 3. The van der Waals surface area contributed by atoms with Crippen LogP contribution in [0.2, 0.25) is 19.6 Å². The van der Waals surface area contributed by atoms with Crippen LogP contribution in [0.3, 0.4) is 0 Å². The minimum atomic E-state index is -1.23. The number of halogens is 2. The molecular formula is C45H36F2IrN2OSi-2. The molecule has 261 valence electrons. The third-order valence-corrected chi connectivity index (χ3v) is 11.2. The maximum absolute atomic E-state index is 14.6. The normalized spacial score (nSPS) is 11.8. The Labute approximate surface area is 317 Å². The van der Waals surface area contributed by atoms with Crippen LogP contribution in [0.15, 0.2) is 144 Å². The van der Waals surface area contributed by atoms with E-state index in [0.29, 0.717) is 22.1 Å². The first-order valence-electron chi connectivity index (χ1n) is 16.9. The van der Waals surface area contributed by atoms with Gasteiger partial charge in [-0.15, -0.1) is 53.6 Å². The van der Waals surface area contributed by atoms with Crippen LogP contribution in [-0.4, -0.2) is 18.0 Å². The van der Waals surface area contributed by atoms with Crippen molar-refractivity contribution in [2.24, 2.45) is 0 Å². The summed E-state index contributed by atoms with van der Waals surface area (Å²) in [6.07, 6.45) is 3.82. The van der Waals surface area contributed by atoms with Crippen LogP contribution >= 0.6 is 0 Å². The minimum absolute atomic E-state index is 0. The van der Waals surface area contributed by atoms with Crippen molar-refractivity contribution in [3.05, 3.63) is 175 Å². The summed E-state index contributed by atoms with van der Waals surface area (Å²) in [5.74, 6) is -1.01. The molecule has 0 spiro atoms. The van der Waals surface area contributed by atoms with Crippen LogP contribution in [0, 0.1) is 23.8 Å². The van der Waals surface area contributed by atoms with Crippen LogP contribution in [-0.2, 0) is 20.1 Å². The maximum Gasteiger partial charge on any atom is 0.133 e. The van der Waals surface area contributed by atoms with Gasteiger partial charge in [-0.05, 0) is 62.9 Å². The molecule has 0 saturated heterocycles. The topological polar surface area (TPSA) is 38.9 Å². The van der Waals surface area contributed by atoms with E-state index in [1.165, 1.54) is 28.9 Å². The first-order chi connectivity index (χ1) is 24.7. The van der Waals surface area contributed by atoms with Crippen LogP contribution < -0.4 is 5.19 Å². The Hall–Kier alpha value is -5.07. The monoisotopic (exact) mass is 879 g/mol. The fourth-order valence-corrected chi connectivity index (χ4v) is 7.26. The molecule has 0 N–H and O–H groups in total. The van der Waals surface area contributed by atoms with Gasteiger partial charge in [0.25, 0.3) is 0 Å². The number of nitrogens with zero attached hydrogens (tertiary/aromatic N) is 2. The molecule has 3 aromatic heterocycles. The van der Waals surface area contributed by atoms with Gasteiger partial charge < -0.3 is 14.4 Å². The van der Waals surface area contributed by atoms with Crippen molar-refractivity contribution in [1.29, 1.82) is 0 Å². The molecule has 1 atom stereocenters. The standard InChI is InChI=1S/C31H20F2NO.C14H16NSi.Ir/c1-19(20-7-3-2-4-8-20)21-15-16-34-27(17-21)22-13-14-23-29(18-22)35-28-12-5-9-24(30(23)28)31-25(32)10-6-11-26(31)33;1-16(2,3)13-9-10-14(15-11-13)12-7-5-4-6-8-12;/h2-12,14-19H,1H3;4-7,9-11H,1-3H3;/q2*-1;. The van der Waals surface area contributed by atoms with Gasteiger partial charge in [0.1, 0.15) is 17.2 Å². The third-order valence-electron chi connectivity index (χ3n) is 9.13. The van der Waals surface area contributed by atoms with Crippen molar-refractivity contribution in [3.8, 4) is 33.6 Å². The first kappa shape index (κ1) is 36.7. The van der Waals surface area contributed by atoms with Crippen molar-refractivity contribution < 1.29 is 33.3 Å². The summed E-state index contributed by atoms with van der Waals surface area (Å²) >= 11 is 0. The van der Waals surface area contributed by atoms with Gasteiger partial charge in [0.15, 0.2) is 0 Å². The number of rotatable bonds is 6. The van der Waals surface area contributed by atoms with E-state index in [9.17, 15) is 8.78 Å². The van der Waals surface area contributed by atoms with Gasteiger partial charge in [-0.1, -0.05) is 105 Å². The predicted molar refractivity (Wildman–Crippen MR) is 207 cm³/mol. The van der Waals surface area contributed by atoms with Crippen molar-refractivity contribution in [2.75, 3.05) is 0 Å². The van der Waals surface area contributed by atoms with E-state index in [1.807, 2.05) is 66.9 Å². The summed E-state index contributed by atoms with van der Waals surface area (Å²) in [5.41, 5.74) is 7.58. The molecule has 0 aliphatic heterocycles. The summed E-state index contributed by atoms with van der Waals surface area (Å²) in [5, 5.41) is 2.80. The molecule has 1 radical (unpaired) electrons. The van der Waals surface area contributed by atoms with E-state index >= 15 is 0 Å². The van der Waals surface area contributed by atoms with Gasteiger partial charge in [-0.2, -0.15) is 0 Å². The number of hydrogen-bond donors (Lipinski definition) is 0. The van der Waals surface area contributed by atoms with Crippen LogP contribution in [0.5, 0.6) is 0 Å². The summed E-state index contributed by atoms with van der Waals surface area (Å²) < 4.78 is 35.3. The van der Waals surface area contributed by atoms with Gasteiger partial charge in [0.2, 0.25) is 0 Å². The summed E-state index contributed by atoms with van der Waals surface area (Å²) in [7, 11) is -1.23. The molecule has 0 aliphatic carbocycles. The quantitative estimate of drug-likeness (QED) is 0.123. The van der Waals surface area contributed by atoms with Crippen LogP contribution in [0.4, 0.5) is 8.78 Å². The zero-order valence-corrected chi connectivity index (χ0v) is 32.6. The number of aromatic nitrogens is 2. The first-order valence-corrected chi connectivity index (χ1v) is 20.4. The van der Waals surface area contributed by atoms with E-state index in [1.54, 1.807) is 24.4 Å². The van der Waals surface area contributed by atoms with Crippen molar-refractivity contribution in [3.63, 3.8) is 0 Å². The van der Waals surface area contributed by atoms with Crippen molar-refractivity contribution in [1.82, 2.24) is 9.97 Å². The summed E-state index contributed by atoms with van der Waals surface area (Å²) in [6, 6.07) is 46.0. The average Bonchev–Trinajstić information content (AvgIpc) is 3.54. The largest absolute Gasteiger partial charge is 0.476 e. The second-order valence-corrected chi connectivity index (χ2v) is 18.6. The van der Waals surface area contributed by atoms with Gasteiger partial charge >= 0.3 is 0 Å². The Bertz CT molecular complexity index is 2420. The molecule has 8 aromatic rings. The van der Waals surface area contributed by atoms with E-state index in [0.717, 1.165) is 33.5 Å². The van der Waals surface area contributed by atoms with Crippen molar-refractivity contribution in [2.45, 2.75) is 32.5 Å². The molecule has 0 bridgehead atoms. The minimum Gasteiger partial charge on any atom is -0.476 e. The molecule has 52 heavy (non-hydrogen) atoms. The molecule has 5 aromatic carbocycles. The molecule has 0 aliphatic rings. The summed E-state index contributed by atoms with van der Waals surface area (Å²) in [4.78, 5) is 9.08. The zero-order chi connectivity index (χ0) is 35.5. The van der Waals surface area contributed by atoms with Gasteiger partial charge in [-0.25, -0.2) is 8.78 Å². The number of benzene rings is 5. The Morgan fingerprint density at radius 1 is 0.673 bits per heavy atom. The Kier molecular flexibility index (Phi) is 11.1. The SMILES string of the molecule is CC(c1ccccc1)c1ccnc(-c2[c-]cc3c(c2)oc2cccc(-c4c(F)cccc4F)c23)c1.C[Si](C)(C)c1ccc(-c2[c-]cccc2)nc1.[Ir]. The number of pyridine rings is 2. The fourth-order valence-electron chi connectivity index (χ4n) is 6.22. The second-order valence-electron chi connectivity index (χ2n) is 13.6. The molecule has 0 fully saturated rings. The number of fused-ring (bicyclic) bond motifs is 3. The van der Waals surface area contributed by atoms with Gasteiger partial charge in [0.05, 0.1) is 19.2 Å². The molecule has 0 saturated carbocycles. The van der Waals surface area contributed by atoms with E-state index in [2.05, 4.69) is 79.0 Å². The number of furan rings is 1. The Morgan fingerprint density at radius 3 is 2.12 bits per heavy atom. The molecule has 3 heterocycles. The maximum atomic E-state index is 14.6. The smallest absolute Gasteiger partial charge is 0.133 e. The molecule has 0 amide bonds. The molecule has 1 unspecified atom stereocenters. The van der Waals surface area contributed by atoms with E-state index in [4.69, 9.17) is 4.42 Å². The third kappa shape index (κ3) is 7.73. The van der Waals surface area contributed by atoms with Crippen molar-refractivity contribution >= 4 is 35.2 Å². The molecule has 3 nitrogen and oxygen atoms in total. The van der Waals surface area contributed by atoms with Crippen LogP contribution in [0.25, 0.3) is 55.6 Å². The van der Waals surface area contributed by atoms with Gasteiger partial charge in [-0.3, -0.25) is 0 Å². The van der Waals surface area contributed by atoms with Gasteiger partial charge in [0, 0.05) is 38.4 Å². The molecule has 7 heteroatoms.